The minimum absolute atomic E-state index is 0.0156. The highest BCUT2D eigenvalue weighted by atomic mass is 16.3. The van der Waals surface area contributed by atoms with E-state index in [-0.39, 0.29) is 35.3 Å². The molecule has 4 aromatic heterocycles. The maximum absolute atomic E-state index is 9.27. The summed E-state index contributed by atoms with van der Waals surface area (Å²) in [6, 6.07) is 37.3. The van der Waals surface area contributed by atoms with Crippen LogP contribution in [0.4, 0.5) is 34.4 Å². The Labute approximate surface area is 427 Å². The molecule has 342 valence electrons. The van der Waals surface area contributed by atoms with E-state index in [0.29, 0.717) is 67.8 Å². The second-order valence-corrected chi connectivity index (χ2v) is 18.7. The maximum Gasteiger partial charge on any atom is 0.145 e. The van der Waals surface area contributed by atoms with Gasteiger partial charge in [-0.1, -0.05) is 148 Å². The van der Waals surface area contributed by atoms with Crippen LogP contribution in [0.5, 0.6) is 0 Å². The molecule has 0 saturated carbocycles. The number of hydrogen-bond acceptors (Lipinski definition) is 6. The van der Waals surface area contributed by atoms with Gasteiger partial charge in [-0.25, -0.2) is 9.97 Å². The Morgan fingerprint density at radius 1 is 0.521 bits per heavy atom. The summed E-state index contributed by atoms with van der Waals surface area (Å²) in [6.07, 6.45) is 4.23. The first-order chi connectivity index (χ1) is 38.9. The van der Waals surface area contributed by atoms with Crippen molar-refractivity contribution in [3.8, 4) is 33.4 Å². The molecule has 71 heavy (non-hydrogen) atoms. The van der Waals surface area contributed by atoms with Crippen LogP contribution in [0.3, 0.4) is 0 Å². The van der Waals surface area contributed by atoms with Gasteiger partial charge in [0.25, 0.3) is 0 Å². The third-order valence-electron chi connectivity index (χ3n) is 13.9. The number of nitrogens with zero attached hydrogens (tertiary/aromatic N) is 4. The van der Waals surface area contributed by atoms with Crippen LogP contribution in [0, 0.1) is 13.8 Å². The van der Waals surface area contributed by atoms with E-state index in [9.17, 15) is 5.48 Å². The number of fused-ring (bicyclic) bond motifs is 11. The van der Waals surface area contributed by atoms with Crippen LogP contribution in [0.15, 0.2) is 209 Å². The lowest BCUT2D eigenvalue weighted by Gasteiger charge is -2.30. The third kappa shape index (κ3) is 6.69. The molecule has 0 N–H and O–H groups in total. The molecule has 13 rings (SSSR count). The van der Waals surface area contributed by atoms with Gasteiger partial charge in [0, 0.05) is 62.2 Å². The topological polar surface area (TPSA) is 58.5 Å². The van der Waals surface area contributed by atoms with E-state index < -0.39 is 41.7 Å². The lowest BCUT2D eigenvalue weighted by molar-refractivity contribution is 0.650. The highest BCUT2D eigenvalue weighted by molar-refractivity contribution is 6.24. The maximum atomic E-state index is 9.27. The average molecular weight is 929 g/mol. The van der Waals surface area contributed by atoms with Crippen molar-refractivity contribution in [3.05, 3.63) is 228 Å². The number of benzene rings is 8. The summed E-state index contributed by atoms with van der Waals surface area (Å²) in [7, 11) is 0. The minimum Gasteiger partial charge on any atom is -0.455 e. The Balaban J connectivity index is 1.15. The molecule has 6 nitrogen and oxygen atoms in total. The highest BCUT2D eigenvalue weighted by Crippen LogP contribution is 2.61. The van der Waals surface area contributed by atoms with Gasteiger partial charge in [-0.15, -0.1) is 0 Å². The van der Waals surface area contributed by atoms with Crippen LogP contribution in [0.25, 0.3) is 77.3 Å². The summed E-state index contributed by atoms with van der Waals surface area (Å²) in [5.41, 5.74) is 10.9. The summed E-state index contributed by atoms with van der Waals surface area (Å²) < 4.78 is 103. The van der Waals surface area contributed by atoms with Crippen LogP contribution in [-0.4, -0.2) is 9.97 Å². The second kappa shape index (κ2) is 16.5. The van der Waals surface area contributed by atoms with Gasteiger partial charge in [-0.3, -0.25) is 9.80 Å². The Morgan fingerprint density at radius 2 is 0.958 bits per heavy atom. The van der Waals surface area contributed by atoms with E-state index in [0.717, 1.165) is 66.9 Å². The van der Waals surface area contributed by atoms with E-state index >= 15 is 0 Å². The van der Waals surface area contributed by atoms with Gasteiger partial charge in [0.2, 0.25) is 0 Å². The molecule has 0 aliphatic heterocycles. The fraction of sp³-hybridized carbons (Fsp3) is 0.108. The first-order valence-corrected chi connectivity index (χ1v) is 23.7. The molecule has 8 aromatic carbocycles. The van der Waals surface area contributed by atoms with Crippen molar-refractivity contribution in [2.75, 3.05) is 9.80 Å². The van der Waals surface area contributed by atoms with Gasteiger partial charge in [-0.2, -0.15) is 0 Å². The smallest absolute Gasteiger partial charge is 0.145 e. The van der Waals surface area contributed by atoms with Crippen molar-refractivity contribution in [3.63, 3.8) is 0 Å². The van der Waals surface area contributed by atoms with Crippen molar-refractivity contribution in [1.82, 2.24) is 9.97 Å². The number of pyridine rings is 2. The van der Waals surface area contributed by atoms with Gasteiger partial charge in [-0.05, 0) is 120 Å². The molecule has 0 amide bonds. The van der Waals surface area contributed by atoms with Gasteiger partial charge in [0.1, 0.15) is 34.0 Å². The van der Waals surface area contributed by atoms with Gasteiger partial charge in [0.05, 0.1) is 35.9 Å². The molecule has 0 saturated heterocycles. The monoisotopic (exact) mass is 928 g/mol. The third-order valence-corrected chi connectivity index (χ3v) is 13.9. The second-order valence-electron chi connectivity index (χ2n) is 18.7. The summed E-state index contributed by atoms with van der Waals surface area (Å²) in [5.74, 6) is 0.668. The summed E-state index contributed by atoms with van der Waals surface area (Å²) in [4.78, 5) is 14.3. The fourth-order valence-corrected chi connectivity index (χ4v) is 10.6. The van der Waals surface area contributed by atoms with E-state index in [1.807, 2.05) is 127 Å². The fourth-order valence-electron chi connectivity index (χ4n) is 10.6. The van der Waals surface area contributed by atoms with Crippen LogP contribution in [-0.2, 0) is 11.8 Å². The zero-order chi connectivity index (χ0) is 56.7. The molecule has 1 aliphatic rings. The standard InChI is InChI=1S/C65H50N4O2/c1-6-42-30-32-46(33-31-42)69(64-50(35-41(3)39-67-64)44-22-12-8-13-23-44)54-37-52-60(62-58(54)48-27-17-19-29-56(48)71-62)59-51(65(52,4)5)36-53(57-47-26-16-18-28-55(47)70-61(57)59)68(45-24-14-9-15-25-45)63-49(34-40(2)38-66-63)43-20-10-7-11-21-43/h7-39H,6H2,1-5H3/i7D,8D,10D,11D,12D,13D,20D,21D,22D,23D. The Morgan fingerprint density at radius 3 is 1.42 bits per heavy atom. The molecule has 12 aromatic rings. The SMILES string of the molecule is [2H]c1c([2H])c([2H])c(-c2cc(C)cnc2N(c2ccccc2)c2cc3c(c4oc5ccccc5c24)-c2c(cc(N(c4ccc(CC)cc4)c4ncc(C)cc4-c4c([2H])c([2H])c([2H])c([2H])c4[2H])c4c2oc2ccccc24)C3(C)C)c([2H])c1[2H]. The van der Waals surface area contributed by atoms with Crippen LogP contribution >= 0.6 is 0 Å². The molecule has 4 heterocycles. The van der Waals surface area contributed by atoms with Crippen LogP contribution < -0.4 is 9.80 Å². The number of aryl methyl sites for hydroxylation is 3. The average Bonchev–Trinajstić information content (AvgIpc) is 2.70. The normalized spacial score (nSPS) is 14.7. The van der Waals surface area contributed by atoms with Crippen molar-refractivity contribution < 1.29 is 22.5 Å². The predicted molar refractivity (Wildman–Crippen MR) is 293 cm³/mol. The lowest BCUT2D eigenvalue weighted by atomic mass is 9.81. The van der Waals surface area contributed by atoms with E-state index in [1.54, 1.807) is 12.4 Å². The number of furan rings is 2. The van der Waals surface area contributed by atoms with Crippen molar-refractivity contribution in [2.45, 2.75) is 46.5 Å². The Hall–Kier alpha value is -8.74. The van der Waals surface area contributed by atoms with Gasteiger partial charge < -0.3 is 8.83 Å². The van der Waals surface area contributed by atoms with E-state index in [4.69, 9.17) is 27.0 Å². The first-order valence-electron chi connectivity index (χ1n) is 28.7. The quantitative estimate of drug-likeness (QED) is 0.144. The Kier molecular flexibility index (Phi) is 7.63. The lowest BCUT2D eigenvalue weighted by Crippen LogP contribution is -2.19. The summed E-state index contributed by atoms with van der Waals surface area (Å²) >= 11 is 0. The zero-order valence-electron chi connectivity index (χ0n) is 49.6. The van der Waals surface area contributed by atoms with E-state index in [1.165, 1.54) is 0 Å². The van der Waals surface area contributed by atoms with Crippen molar-refractivity contribution >= 4 is 78.3 Å². The molecule has 0 spiro atoms. The molecule has 0 unspecified atom stereocenters. The van der Waals surface area contributed by atoms with E-state index in [2.05, 4.69) is 45.0 Å². The number of aromatic nitrogens is 2. The molecule has 6 heteroatoms. The predicted octanol–water partition coefficient (Wildman–Crippen LogP) is 18.0. The highest BCUT2D eigenvalue weighted by Gasteiger charge is 2.43. The van der Waals surface area contributed by atoms with Gasteiger partial charge >= 0.3 is 0 Å². The summed E-state index contributed by atoms with van der Waals surface area (Å²) in [6.45, 7) is 10.1. The number of para-hydroxylation sites is 3. The van der Waals surface area contributed by atoms with Crippen LogP contribution in [0.2, 0.25) is 0 Å². The first kappa shape index (κ1) is 32.9. The summed E-state index contributed by atoms with van der Waals surface area (Å²) in [5, 5.41) is 3.10. The Bertz CT molecular complexity index is 4590. The molecule has 0 atom stereocenters. The minimum atomic E-state index is -0.846. The number of rotatable bonds is 9. The molecule has 0 radical (unpaired) electrons. The van der Waals surface area contributed by atoms with Gasteiger partial charge in [0.15, 0.2) is 0 Å². The number of anilines is 6. The molecule has 1 aliphatic carbocycles. The van der Waals surface area contributed by atoms with Crippen LogP contribution in [0.1, 0.15) is 62.3 Å². The largest absolute Gasteiger partial charge is 0.455 e. The zero-order valence-corrected chi connectivity index (χ0v) is 39.6. The number of hydrogen-bond donors (Lipinski definition) is 0. The van der Waals surface area contributed by atoms with Crippen molar-refractivity contribution in [2.24, 2.45) is 0 Å². The molecular weight excluding hydrogens is 869 g/mol. The molecular formula is C65H50N4O2. The van der Waals surface area contributed by atoms with Crippen molar-refractivity contribution in [1.29, 1.82) is 0 Å². The molecule has 0 bridgehead atoms. The molecule has 0 fully saturated rings.